The van der Waals surface area contributed by atoms with Gasteiger partial charge in [0.2, 0.25) is 0 Å². The van der Waals surface area contributed by atoms with Crippen molar-refractivity contribution in [1.29, 1.82) is 5.26 Å². The minimum Gasteiger partial charge on any atom is -0.459 e. The zero-order chi connectivity index (χ0) is 11.4. The van der Waals surface area contributed by atoms with E-state index in [1.165, 1.54) is 6.07 Å². The first-order valence-electron chi connectivity index (χ1n) is 4.63. The predicted octanol–water partition coefficient (Wildman–Crippen LogP) is 1.83. The monoisotopic (exact) mass is 204 g/mol. The van der Waals surface area contributed by atoms with Crippen LogP contribution < -0.4 is 0 Å². The molecule has 0 spiro atoms. The average molecular weight is 204 g/mol. The lowest BCUT2D eigenvalue weighted by Crippen LogP contribution is -2.13. The Balaban J connectivity index is 2.97. The molecule has 0 N–H and O–H groups in total. The van der Waals surface area contributed by atoms with Gasteiger partial charge >= 0.3 is 5.97 Å². The van der Waals surface area contributed by atoms with E-state index >= 15 is 0 Å². The Morgan fingerprint density at radius 3 is 2.67 bits per heavy atom. The van der Waals surface area contributed by atoms with Crippen LogP contribution in [0.3, 0.4) is 0 Å². The van der Waals surface area contributed by atoms with Crippen LogP contribution in [0.5, 0.6) is 0 Å². The Labute approximate surface area is 88.5 Å². The number of aryl methyl sites for hydroxylation is 1. The van der Waals surface area contributed by atoms with Crippen LogP contribution in [0.1, 0.15) is 35.6 Å². The number of nitrogens with zero attached hydrogens (tertiary/aromatic N) is 2. The number of carbonyl (C=O) groups is 1. The fraction of sp³-hybridized carbons (Fsp3) is 0.364. The van der Waals surface area contributed by atoms with E-state index in [9.17, 15) is 4.79 Å². The van der Waals surface area contributed by atoms with E-state index in [1.807, 2.05) is 6.07 Å². The van der Waals surface area contributed by atoms with Gasteiger partial charge in [-0.1, -0.05) is 0 Å². The molecule has 0 radical (unpaired) electrons. The van der Waals surface area contributed by atoms with Crippen LogP contribution in [0.2, 0.25) is 0 Å². The molecule has 1 rings (SSSR count). The largest absolute Gasteiger partial charge is 0.459 e. The van der Waals surface area contributed by atoms with E-state index in [2.05, 4.69) is 4.98 Å². The first kappa shape index (κ1) is 11.2. The third-order valence-electron chi connectivity index (χ3n) is 1.76. The lowest BCUT2D eigenvalue weighted by atomic mass is 10.2. The average Bonchev–Trinajstić information content (AvgIpc) is 2.16. The van der Waals surface area contributed by atoms with Gasteiger partial charge in [0, 0.05) is 0 Å². The second-order valence-electron chi connectivity index (χ2n) is 3.40. The zero-order valence-corrected chi connectivity index (χ0v) is 8.94. The smallest absolute Gasteiger partial charge is 0.340 e. The van der Waals surface area contributed by atoms with E-state index in [1.54, 1.807) is 26.8 Å². The Bertz CT molecular complexity index is 419. The standard InChI is InChI=1S/C11H12N2O2/c1-7(2)15-11(14)10-5-4-9(6-12)13-8(10)3/h4-5,7H,1-3H3. The highest BCUT2D eigenvalue weighted by atomic mass is 16.5. The topological polar surface area (TPSA) is 63.0 Å². The molecule has 0 saturated carbocycles. The molecule has 0 aliphatic carbocycles. The summed E-state index contributed by atoms with van der Waals surface area (Å²) in [6, 6.07) is 4.98. The van der Waals surface area contributed by atoms with Gasteiger partial charge in [-0.25, -0.2) is 9.78 Å². The Morgan fingerprint density at radius 1 is 1.53 bits per heavy atom. The molecule has 1 aromatic rings. The summed E-state index contributed by atoms with van der Waals surface area (Å²) >= 11 is 0. The summed E-state index contributed by atoms with van der Waals surface area (Å²) in [5.41, 5.74) is 1.22. The number of ether oxygens (including phenoxy) is 1. The first-order valence-corrected chi connectivity index (χ1v) is 4.63. The summed E-state index contributed by atoms with van der Waals surface area (Å²) in [6.45, 7) is 5.24. The van der Waals surface area contributed by atoms with Crippen molar-refractivity contribution in [1.82, 2.24) is 4.98 Å². The van der Waals surface area contributed by atoms with Crippen LogP contribution in [0.25, 0.3) is 0 Å². The highest BCUT2D eigenvalue weighted by molar-refractivity contribution is 5.90. The number of carbonyl (C=O) groups excluding carboxylic acids is 1. The number of hydrogen-bond donors (Lipinski definition) is 0. The lowest BCUT2D eigenvalue weighted by molar-refractivity contribution is 0.0376. The van der Waals surface area contributed by atoms with Crippen molar-refractivity contribution in [3.63, 3.8) is 0 Å². The number of aromatic nitrogens is 1. The highest BCUT2D eigenvalue weighted by Crippen LogP contribution is 2.09. The van der Waals surface area contributed by atoms with Crippen molar-refractivity contribution in [2.45, 2.75) is 26.9 Å². The van der Waals surface area contributed by atoms with Crippen LogP contribution >= 0.6 is 0 Å². The molecule has 4 nitrogen and oxygen atoms in total. The van der Waals surface area contributed by atoms with Crippen molar-refractivity contribution >= 4 is 5.97 Å². The molecular formula is C11H12N2O2. The highest BCUT2D eigenvalue weighted by Gasteiger charge is 2.13. The van der Waals surface area contributed by atoms with Gasteiger partial charge in [-0.3, -0.25) is 0 Å². The summed E-state index contributed by atoms with van der Waals surface area (Å²) in [7, 11) is 0. The molecular weight excluding hydrogens is 192 g/mol. The second kappa shape index (κ2) is 4.56. The maximum Gasteiger partial charge on any atom is 0.340 e. The van der Waals surface area contributed by atoms with Crippen molar-refractivity contribution in [2.75, 3.05) is 0 Å². The summed E-state index contributed by atoms with van der Waals surface area (Å²) in [6.07, 6.45) is -0.160. The molecule has 0 aromatic carbocycles. The van der Waals surface area contributed by atoms with Crippen LogP contribution in [-0.2, 0) is 4.74 Å². The third kappa shape index (κ3) is 2.78. The molecule has 78 valence electrons. The van der Waals surface area contributed by atoms with Crippen LogP contribution in [-0.4, -0.2) is 17.1 Å². The SMILES string of the molecule is Cc1nc(C#N)ccc1C(=O)OC(C)C. The predicted molar refractivity (Wildman–Crippen MR) is 54.2 cm³/mol. The van der Waals surface area contributed by atoms with Crippen LogP contribution in [0, 0.1) is 18.3 Å². The number of esters is 1. The summed E-state index contributed by atoms with van der Waals surface area (Å²) in [4.78, 5) is 15.5. The summed E-state index contributed by atoms with van der Waals surface area (Å²) in [5, 5.41) is 8.61. The van der Waals surface area contributed by atoms with Gasteiger partial charge in [0.1, 0.15) is 11.8 Å². The van der Waals surface area contributed by atoms with Gasteiger partial charge in [-0.15, -0.1) is 0 Å². The molecule has 0 unspecified atom stereocenters. The molecule has 0 amide bonds. The molecule has 0 saturated heterocycles. The van der Waals surface area contributed by atoms with Gasteiger partial charge < -0.3 is 4.74 Å². The van der Waals surface area contributed by atoms with Gasteiger partial charge in [0.25, 0.3) is 0 Å². The molecule has 0 bridgehead atoms. The number of hydrogen-bond acceptors (Lipinski definition) is 4. The third-order valence-corrected chi connectivity index (χ3v) is 1.76. The lowest BCUT2D eigenvalue weighted by Gasteiger charge is -2.09. The van der Waals surface area contributed by atoms with Crippen LogP contribution in [0.15, 0.2) is 12.1 Å². The van der Waals surface area contributed by atoms with E-state index in [0.717, 1.165) is 0 Å². The van der Waals surface area contributed by atoms with Crippen molar-refractivity contribution < 1.29 is 9.53 Å². The van der Waals surface area contributed by atoms with Gasteiger partial charge in [-0.05, 0) is 32.9 Å². The minimum atomic E-state index is -0.403. The molecule has 0 atom stereocenters. The summed E-state index contributed by atoms with van der Waals surface area (Å²) in [5.74, 6) is -0.403. The summed E-state index contributed by atoms with van der Waals surface area (Å²) < 4.78 is 5.03. The maximum absolute atomic E-state index is 11.5. The number of rotatable bonds is 2. The van der Waals surface area contributed by atoms with E-state index < -0.39 is 5.97 Å². The normalized spacial score (nSPS) is 9.80. The molecule has 0 aliphatic rings. The van der Waals surface area contributed by atoms with E-state index in [-0.39, 0.29) is 6.10 Å². The maximum atomic E-state index is 11.5. The zero-order valence-electron chi connectivity index (χ0n) is 8.94. The Kier molecular flexibility index (Phi) is 3.40. The van der Waals surface area contributed by atoms with E-state index in [4.69, 9.17) is 10.00 Å². The number of pyridine rings is 1. The molecule has 0 fully saturated rings. The fourth-order valence-corrected chi connectivity index (χ4v) is 1.12. The second-order valence-corrected chi connectivity index (χ2v) is 3.40. The number of nitriles is 1. The molecule has 1 heterocycles. The minimum absolute atomic E-state index is 0.160. The van der Waals surface area contributed by atoms with Gasteiger partial charge in [0.05, 0.1) is 17.4 Å². The fourth-order valence-electron chi connectivity index (χ4n) is 1.12. The quantitative estimate of drug-likeness (QED) is 0.689. The van der Waals surface area contributed by atoms with Gasteiger partial charge in [0.15, 0.2) is 0 Å². The van der Waals surface area contributed by atoms with Crippen molar-refractivity contribution in [2.24, 2.45) is 0 Å². The van der Waals surface area contributed by atoms with Gasteiger partial charge in [-0.2, -0.15) is 5.26 Å². The molecule has 1 aromatic heterocycles. The first-order chi connectivity index (χ1) is 7.04. The Morgan fingerprint density at radius 2 is 2.20 bits per heavy atom. The van der Waals surface area contributed by atoms with Crippen molar-refractivity contribution in [3.05, 3.63) is 29.1 Å². The van der Waals surface area contributed by atoms with Crippen LogP contribution in [0.4, 0.5) is 0 Å². The van der Waals surface area contributed by atoms with E-state index in [0.29, 0.717) is 17.0 Å². The molecule has 4 heteroatoms. The van der Waals surface area contributed by atoms with Crippen molar-refractivity contribution in [3.8, 4) is 6.07 Å². The Hall–Kier alpha value is -1.89. The molecule has 0 aliphatic heterocycles. The molecule has 15 heavy (non-hydrogen) atoms.